The number of hydrazine groups is 1. The molecule has 0 aromatic carbocycles. The quantitative estimate of drug-likeness (QED) is 0.619. The van der Waals surface area contributed by atoms with Gasteiger partial charge in [0.2, 0.25) is 0 Å². The molecule has 0 bridgehead atoms. The van der Waals surface area contributed by atoms with Crippen LogP contribution in [0.25, 0.3) is 0 Å². The van der Waals surface area contributed by atoms with Crippen LogP contribution in [0.4, 0.5) is 8.63 Å². The van der Waals surface area contributed by atoms with Crippen molar-refractivity contribution in [1.82, 2.24) is 10.0 Å². The topological polar surface area (TPSA) is 10.9 Å². The molecular weight excluding hydrogens is 199 g/mol. The Morgan fingerprint density at radius 1 is 0.933 bits per heavy atom. The fourth-order valence-corrected chi connectivity index (χ4v) is 2.50. The summed E-state index contributed by atoms with van der Waals surface area (Å²) in [7, 11) is -2.15. The summed E-state index contributed by atoms with van der Waals surface area (Å²) in [5.41, 5.74) is 0. The summed E-state index contributed by atoms with van der Waals surface area (Å²) in [6, 6.07) is 0. The molecule has 2 aliphatic heterocycles. The lowest BCUT2D eigenvalue weighted by atomic mass is 9.98. The van der Waals surface area contributed by atoms with Crippen LogP contribution in [0.15, 0.2) is 0 Å². The Labute approximate surface area is 90.1 Å². The van der Waals surface area contributed by atoms with Crippen LogP contribution in [0, 0.1) is 0 Å². The Balaban J connectivity index is 1.71. The van der Waals surface area contributed by atoms with Gasteiger partial charge >= 0.3 is 7.27 Å². The van der Waals surface area contributed by atoms with Gasteiger partial charge in [-0.05, 0) is 12.8 Å². The number of quaternary nitrogens is 1. The Hall–Kier alpha value is -0.195. The second-order valence-electron chi connectivity index (χ2n) is 4.46. The average molecular weight is 218 g/mol. The average Bonchev–Trinajstić information content (AvgIpc) is 2.71. The van der Waals surface area contributed by atoms with Crippen molar-refractivity contribution in [3.63, 3.8) is 0 Å². The molecule has 2 saturated heterocycles. The molecule has 0 unspecified atom stereocenters. The molecule has 2 fully saturated rings. The van der Waals surface area contributed by atoms with Crippen LogP contribution in [0.5, 0.6) is 0 Å². The highest BCUT2D eigenvalue weighted by Crippen LogP contribution is 2.10. The van der Waals surface area contributed by atoms with E-state index in [0.717, 1.165) is 44.2 Å². The van der Waals surface area contributed by atoms with Gasteiger partial charge in [-0.15, -0.1) is 0 Å². The van der Waals surface area contributed by atoms with E-state index in [1.165, 1.54) is 12.8 Å². The van der Waals surface area contributed by atoms with E-state index >= 15 is 0 Å². The summed E-state index contributed by atoms with van der Waals surface area (Å²) in [4.78, 5) is 1.06. The molecule has 3 nitrogen and oxygen atoms in total. The second-order valence-corrected chi connectivity index (χ2v) is 4.46. The van der Waals surface area contributed by atoms with Crippen molar-refractivity contribution in [2.75, 3.05) is 45.7 Å². The van der Waals surface area contributed by atoms with Gasteiger partial charge in [0.1, 0.15) is 6.44 Å². The molecule has 2 rings (SSSR count). The lowest BCUT2D eigenvalue weighted by Gasteiger charge is -2.37. The van der Waals surface area contributed by atoms with Gasteiger partial charge in [0.05, 0.1) is 26.2 Å². The van der Waals surface area contributed by atoms with E-state index < -0.39 is 7.27 Å². The molecule has 0 radical (unpaired) electrons. The molecule has 0 amide bonds. The van der Waals surface area contributed by atoms with Crippen LogP contribution in [-0.4, -0.2) is 63.0 Å². The zero-order chi connectivity index (χ0) is 10.7. The van der Waals surface area contributed by atoms with Crippen molar-refractivity contribution in [3.8, 4) is 0 Å². The first-order valence-electron chi connectivity index (χ1n) is 5.87. The number of nitrogens with zero attached hydrogens (tertiary/aromatic N) is 2. The maximum absolute atomic E-state index is 12.2. The Bertz CT molecular complexity index is 192. The van der Waals surface area contributed by atoms with Crippen molar-refractivity contribution in [3.05, 3.63) is 0 Å². The van der Waals surface area contributed by atoms with Gasteiger partial charge in [-0.25, -0.2) is 10.0 Å². The smallest absolute Gasteiger partial charge is 0.334 e. The van der Waals surface area contributed by atoms with Gasteiger partial charge in [-0.1, -0.05) is 0 Å². The van der Waals surface area contributed by atoms with Gasteiger partial charge in [-0.2, -0.15) is 0 Å². The summed E-state index contributed by atoms with van der Waals surface area (Å²) < 4.78 is 24.3. The molecule has 0 aromatic heterocycles. The van der Waals surface area contributed by atoms with Crippen molar-refractivity contribution in [2.45, 2.75) is 12.8 Å². The minimum atomic E-state index is -2.15. The van der Waals surface area contributed by atoms with Gasteiger partial charge < -0.3 is 4.90 Å². The zero-order valence-corrected chi connectivity index (χ0v) is 9.09. The first-order valence-corrected chi connectivity index (χ1v) is 5.87. The fourth-order valence-electron chi connectivity index (χ4n) is 2.50. The summed E-state index contributed by atoms with van der Waals surface area (Å²) in [6.07, 6.45) is 2.59. The Morgan fingerprint density at radius 2 is 1.47 bits per heavy atom. The molecule has 0 atom stereocenters. The molecule has 0 aliphatic carbocycles. The highest BCUT2D eigenvalue weighted by molar-refractivity contribution is 6.42. The van der Waals surface area contributed by atoms with Crippen LogP contribution in [0.1, 0.15) is 12.8 Å². The number of piperazine rings is 1. The van der Waals surface area contributed by atoms with Crippen LogP contribution in [0.3, 0.4) is 0 Å². The van der Waals surface area contributed by atoms with Crippen LogP contribution < -0.4 is 4.90 Å². The number of rotatable bonds is 3. The zero-order valence-electron chi connectivity index (χ0n) is 9.09. The standard InChI is InChI=1S/C9H18BF2N3/c11-10(12)9-13-5-7-15(8-6-13)14-3-1-2-4-14/h1-9H2/p+1. The minimum Gasteiger partial charge on any atom is -0.334 e. The van der Waals surface area contributed by atoms with E-state index in [1.54, 1.807) is 0 Å². The third-order valence-corrected chi connectivity index (χ3v) is 3.37. The van der Waals surface area contributed by atoms with Crippen LogP contribution in [-0.2, 0) is 0 Å². The third-order valence-electron chi connectivity index (χ3n) is 3.37. The predicted molar refractivity (Wildman–Crippen MR) is 55.9 cm³/mol. The molecule has 86 valence electrons. The molecule has 15 heavy (non-hydrogen) atoms. The number of hydrogen-bond donors (Lipinski definition) is 1. The van der Waals surface area contributed by atoms with Crippen molar-refractivity contribution < 1.29 is 13.5 Å². The molecule has 6 heteroatoms. The number of halogens is 2. The van der Waals surface area contributed by atoms with E-state index in [1.807, 2.05) is 0 Å². The first-order chi connectivity index (χ1) is 7.25. The molecular formula is C9H19BF2N3+. The molecule has 0 spiro atoms. The number of nitrogens with one attached hydrogen (secondary N) is 1. The van der Waals surface area contributed by atoms with Gasteiger partial charge in [0.25, 0.3) is 0 Å². The highest BCUT2D eigenvalue weighted by atomic mass is 19.2. The maximum atomic E-state index is 12.2. The molecule has 2 heterocycles. The SMILES string of the molecule is FB(F)C[NH+]1CCN(N2CCCC2)CC1. The molecule has 0 saturated carbocycles. The maximum Gasteiger partial charge on any atom is 0.592 e. The summed E-state index contributed by atoms with van der Waals surface area (Å²) in [6.45, 7) is 5.93. The van der Waals surface area contributed by atoms with E-state index in [4.69, 9.17) is 0 Å². The van der Waals surface area contributed by atoms with Crippen molar-refractivity contribution >= 4 is 7.27 Å². The monoisotopic (exact) mass is 218 g/mol. The first kappa shape index (κ1) is 11.3. The van der Waals surface area contributed by atoms with E-state index in [9.17, 15) is 8.63 Å². The highest BCUT2D eigenvalue weighted by Gasteiger charge is 2.29. The Morgan fingerprint density at radius 3 is 2.00 bits per heavy atom. The van der Waals surface area contributed by atoms with Crippen LogP contribution in [0.2, 0.25) is 0 Å². The van der Waals surface area contributed by atoms with E-state index in [2.05, 4.69) is 10.0 Å². The van der Waals surface area contributed by atoms with Crippen molar-refractivity contribution in [2.24, 2.45) is 0 Å². The van der Waals surface area contributed by atoms with Gasteiger partial charge in [0, 0.05) is 13.1 Å². The minimum absolute atomic E-state index is 0.0217. The summed E-state index contributed by atoms with van der Waals surface area (Å²) in [5.74, 6) is 0. The molecule has 2 aliphatic rings. The van der Waals surface area contributed by atoms with E-state index in [-0.39, 0.29) is 6.44 Å². The molecule has 1 N–H and O–H groups in total. The normalized spacial score (nSPS) is 26.0. The predicted octanol–water partition coefficient (Wildman–Crippen LogP) is -0.836. The third kappa shape index (κ3) is 3.13. The summed E-state index contributed by atoms with van der Waals surface area (Å²) >= 11 is 0. The van der Waals surface area contributed by atoms with E-state index in [0.29, 0.717) is 0 Å². The van der Waals surface area contributed by atoms with Crippen LogP contribution >= 0.6 is 0 Å². The lowest BCUT2D eigenvalue weighted by Crippen LogP contribution is -3.16. The van der Waals surface area contributed by atoms with Gasteiger partial charge in [-0.3, -0.25) is 8.63 Å². The Kier molecular flexibility index (Phi) is 3.94. The van der Waals surface area contributed by atoms with Crippen molar-refractivity contribution in [1.29, 1.82) is 0 Å². The lowest BCUT2D eigenvalue weighted by molar-refractivity contribution is -0.896. The molecule has 0 aromatic rings. The largest absolute Gasteiger partial charge is 0.592 e. The fraction of sp³-hybridized carbons (Fsp3) is 1.00. The second kappa shape index (κ2) is 5.23. The summed E-state index contributed by atoms with van der Waals surface area (Å²) in [5, 5.41) is 4.74. The number of hydrogen-bond acceptors (Lipinski definition) is 2. The van der Waals surface area contributed by atoms with Gasteiger partial charge in [0.15, 0.2) is 0 Å².